The second-order valence-electron chi connectivity index (χ2n) is 3.46. The monoisotopic (exact) mass is 266 g/mol. The molecule has 0 amide bonds. The van der Waals surface area contributed by atoms with Gasteiger partial charge in [0.2, 0.25) is 0 Å². The molecule has 0 saturated carbocycles. The standard InChI is InChI=1S/C12H18N4OS/c1-2-17-9-3-6-14-12(18)16-15-10-11-4-7-13-8-5-11/h4-5,7-8,10H,2-3,6,9H2,1H3,(H2,14,16,18)/b15-10-. The fraction of sp³-hybridized carbons (Fsp3) is 0.417. The molecule has 1 rings (SSSR count). The third kappa shape index (κ3) is 6.93. The van der Waals surface area contributed by atoms with Gasteiger partial charge in [0.25, 0.3) is 0 Å². The maximum atomic E-state index is 5.22. The first-order chi connectivity index (χ1) is 8.83. The largest absolute Gasteiger partial charge is 0.382 e. The van der Waals surface area contributed by atoms with E-state index in [-0.39, 0.29) is 0 Å². The average molecular weight is 266 g/mol. The number of nitrogens with one attached hydrogen (secondary N) is 2. The summed E-state index contributed by atoms with van der Waals surface area (Å²) in [4.78, 5) is 3.92. The van der Waals surface area contributed by atoms with E-state index in [0.717, 1.165) is 31.7 Å². The summed E-state index contributed by atoms with van der Waals surface area (Å²) in [5.74, 6) is 0. The maximum absolute atomic E-state index is 5.22. The van der Waals surface area contributed by atoms with Crippen LogP contribution in [0.3, 0.4) is 0 Å². The van der Waals surface area contributed by atoms with E-state index in [4.69, 9.17) is 17.0 Å². The third-order valence-electron chi connectivity index (χ3n) is 2.04. The number of nitrogens with zero attached hydrogens (tertiary/aromatic N) is 2. The van der Waals surface area contributed by atoms with E-state index in [1.54, 1.807) is 18.6 Å². The quantitative estimate of drug-likeness (QED) is 0.337. The van der Waals surface area contributed by atoms with Crippen molar-refractivity contribution in [2.45, 2.75) is 13.3 Å². The smallest absolute Gasteiger partial charge is 0.186 e. The molecule has 0 fully saturated rings. The van der Waals surface area contributed by atoms with Crippen LogP contribution >= 0.6 is 12.2 Å². The van der Waals surface area contributed by atoms with Crippen molar-refractivity contribution in [3.8, 4) is 0 Å². The van der Waals surface area contributed by atoms with Crippen molar-refractivity contribution >= 4 is 23.5 Å². The van der Waals surface area contributed by atoms with Crippen LogP contribution in [0.1, 0.15) is 18.9 Å². The van der Waals surface area contributed by atoms with Gasteiger partial charge < -0.3 is 10.1 Å². The second kappa shape index (κ2) is 9.49. The Morgan fingerprint density at radius 3 is 3.00 bits per heavy atom. The molecule has 0 aliphatic rings. The minimum Gasteiger partial charge on any atom is -0.382 e. The van der Waals surface area contributed by atoms with Crippen LogP contribution in [0, 0.1) is 0 Å². The summed E-state index contributed by atoms with van der Waals surface area (Å²) < 4.78 is 5.22. The second-order valence-corrected chi connectivity index (χ2v) is 3.87. The number of hydrogen-bond acceptors (Lipinski definition) is 4. The molecule has 0 aliphatic heterocycles. The lowest BCUT2D eigenvalue weighted by atomic mass is 10.3. The minimum absolute atomic E-state index is 0.511. The van der Waals surface area contributed by atoms with Gasteiger partial charge in [-0.05, 0) is 43.3 Å². The zero-order chi connectivity index (χ0) is 13.1. The van der Waals surface area contributed by atoms with Gasteiger partial charge in [-0.25, -0.2) is 0 Å². The molecule has 0 bridgehead atoms. The molecule has 0 aliphatic carbocycles. The molecule has 6 heteroatoms. The SMILES string of the molecule is CCOCCCNC(=S)N/N=C\c1ccncc1. The van der Waals surface area contributed by atoms with Crippen LogP contribution in [-0.4, -0.2) is 36.1 Å². The molecule has 2 N–H and O–H groups in total. The number of rotatable bonds is 7. The number of aromatic nitrogens is 1. The van der Waals surface area contributed by atoms with Crippen molar-refractivity contribution in [2.24, 2.45) is 5.10 Å². The first-order valence-electron chi connectivity index (χ1n) is 5.87. The Bertz CT molecular complexity index is 370. The van der Waals surface area contributed by atoms with Crippen LogP contribution in [0.25, 0.3) is 0 Å². The van der Waals surface area contributed by atoms with E-state index >= 15 is 0 Å². The molecule has 0 spiro atoms. The zero-order valence-electron chi connectivity index (χ0n) is 10.4. The third-order valence-corrected chi connectivity index (χ3v) is 2.28. The Hall–Kier alpha value is -1.53. The lowest BCUT2D eigenvalue weighted by Crippen LogP contribution is -2.33. The van der Waals surface area contributed by atoms with E-state index in [9.17, 15) is 0 Å². The molecule has 1 heterocycles. The zero-order valence-corrected chi connectivity index (χ0v) is 11.2. The molecule has 98 valence electrons. The van der Waals surface area contributed by atoms with Gasteiger partial charge in [-0.1, -0.05) is 0 Å². The highest BCUT2D eigenvalue weighted by Gasteiger charge is 1.92. The van der Waals surface area contributed by atoms with Crippen molar-refractivity contribution < 1.29 is 4.74 Å². The first-order valence-corrected chi connectivity index (χ1v) is 6.28. The van der Waals surface area contributed by atoms with E-state index in [0.29, 0.717) is 5.11 Å². The molecule has 1 aromatic heterocycles. The summed E-state index contributed by atoms with van der Waals surface area (Å²) in [5.41, 5.74) is 3.72. The van der Waals surface area contributed by atoms with Crippen LogP contribution in [-0.2, 0) is 4.74 Å². The Morgan fingerprint density at radius 2 is 2.28 bits per heavy atom. The van der Waals surface area contributed by atoms with Gasteiger partial charge in [0.05, 0.1) is 6.21 Å². The summed E-state index contributed by atoms with van der Waals surface area (Å²) in [6.07, 6.45) is 6.04. The predicted molar refractivity (Wildman–Crippen MR) is 76.7 cm³/mol. The number of hydrogen-bond donors (Lipinski definition) is 2. The molecule has 0 aromatic carbocycles. The topological polar surface area (TPSA) is 58.5 Å². The van der Waals surface area contributed by atoms with E-state index in [1.165, 1.54) is 0 Å². The molecule has 0 unspecified atom stereocenters. The van der Waals surface area contributed by atoms with Crippen LogP contribution in [0.5, 0.6) is 0 Å². The van der Waals surface area contributed by atoms with Gasteiger partial charge in [-0.15, -0.1) is 0 Å². The Labute approximate surface area is 113 Å². The first kappa shape index (κ1) is 14.5. The van der Waals surface area contributed by atoms with Crippen molar-refractivity contribution in [3.63, 3.8) is 0 Å². The number of pyridine rings is 1. The molecule has 0 saturated heterocycles. The average Bonchev–Trinajstić information content (AvgIpc) is 2.40. The lowest BCUT2D eigenvalue weighted by Gasteiger charge is -2.06. The Kier molecular flexibility index (Phi) is 7.66. The summed E-state index contributed by atoms with van der Waals surface area (Å²) in [5, 5.41) is 7.57. The highest BCUT2D eigenvalue weighted by molar-refractivity contribution is 7.80. The molecular weight excluding hydrogens is 248 g/mol. The Morgan fingerprint density at radius 1 is 1.50 bits per heavy atom. The van der Waals surface area contributed by atoms with Crippen LogP contribution in [0.2, 0.25) is 0 Å². The van der Waals surface area contributed by atoms with Gasteiger partial charge in [-0.2, -0.15) is 5.10 Å². The van der Waals surface area contributed by atoms with Gasteiger partial charge in [0.15, 0.2) is 5.11 Å². The van der Waals surface area contributed by atoms with Crippen molar-refractivity contribution in [3.05, 3.63) is 30.1 Å². The molecular formula is C12H18N4OS. The predicted octanol–water partition coefficient (Wildman–Crippen LogP) is 1.31. The van der Waals surface area contributed by atoms with Crippen molar-refractivity contribution in [2.75, 3.05) is 19.8 Å². The minimum atomic E-state index is 0.511. The van der Waals surface area contributed by atoms with Crippen molar-refractivity contribution in [1.82, 2.24) is 15.7 Å². The molecule has 18 heavy (non-hydrogen) atoms. The van der Waals surface area contributed by atoms with E-state index in [1.807, 2.05) is 19.1 Å². The summed E-state index contributed by atoms with van der Waals surface area (Å²) in [7, 11) is 0. The molecule has 0 atom stereocenters. The Balaban J connectivity index is 2.11. The molecule has 0 radical (unpaired) electrons. The molecule has 5 nitrogen and oxygen atoms in total. The van der Waals surface area contributed by atoms with Crippen LogP contribution in [0.15, 0.2) is 29.6 Å². The van der Waals surface area contributed by atoms with Gasteiger partial charge in [-0.3, -0.25) is 10.4 Å². The lowest BCUT2D eigenvalue weighted by molar-refractivity contribution is 0.145. The number of hydrazone groups is 1. The van der Waals surface area contributed by atoms with Gasteiger partial charge in [0.1, 0.15) is 0 Å². The maximum Gasteiger partial charge on any atom is 0.186 e. The normalized spacial score (nSPS) is 10.5. The van der Waals surface area contributed by atoms with E-state index < -0.39 is 0 Å². The number of thiocarbonyl (C=S) groups is 1. The van der Waals surface area contributed by atoms with E-state index in [2.05, 4.69) is 20.8 Å². The molecule has 1 aromatic rings. The number of ether oxygens (including phenoxy) is 1. The highest BCUT2D eigenvalue weighted by Crippen LogP contribution is 1.90. The van der Waals surface area contributed by atoms with Crippen molar-refractivity contribution in [1.29, 1.82) is 0 Å². The summed E-state index contributed by atoms with van der Waals surface area (Å²) >= 11 is 5.06. The van der Waals surface area contributed by atoms with Crippen LogP contribution in [0.4, 0.5) is 0 Å². The van der Waals surface area contributed by atoms with Crippen LogP contribution < -0.4 is 10.7 Å². The summed E-state index contributed by atoms with van der Waals surface area (Å²) in [6.45, 7) is 4.25. The fourth-order valence-electron chi connectivity index (χ4n) is 1.17. The van der Waals surface area contributed by atoms with Gasteiger partial charge in [0, 0.05) is 32.2 Å². The summed E-state index contributed by atoms with van der Waals surface area (Å²) in [6, 6.07) is 3.73. The van der Waals surface area contributed by atoms with Gasteiger partial charge >= 0.3 is 0 Å². The fourth-order valence-corrected chi connectivity index (χ4v) is 1.33. The highest BCUT2D eigenvalue weighted by atomic mass is 32.1.